The molecule has 0 bridgehead atoms. The molecule has 2 amide bonds. The molecule has 0 aromatic heterocycles. The highest BCUT2D eigenvalue weighted by Gasteiger charge is 2.27. The molecule has 7 heteroatoms. The van der Waals surface area contributed by atoms with Gasteiger partial charge in [0.2, 0.25) is 5.91 Å². The van der Waals surface area contributed by atoms with E-state index in [0.717, 1.165) is 11.3 Å². The Kier molecular flexibility index (Phi) is 6.57. The number of amides is 2. The summed E-state index contributed by atoms with van der Waals surface area (Å²) in [5.41, 5.74) is 0.580. The van der Waals surface area contributed by atoms with Gasteiger partial charge >= 0.3 is 5.97 Å². The molecular formula is C20H28N2O4S. The molecule has 0 fully saturated rings. The van der Waals surface area contributed by atoms with Crippen LogP contribution in [0.3, 0.4) is 0 Å². The van der Waals surface area contributed by atoms with Crippen molar-refractivity contribution < 1.29 is 19.1 Å². The lowest BCUT2D eigenvalue weighted by Crippen LogP contribution is -2.47. The first-order valence-corrected chi connectivity index (χ1v) is 9.99. The average molecular weight is 393 g/mol. The molecule has 0 saturated carbocycles. The summed E-state index contributed by atoms with van der Waals surface area (Å²) < 4.78 is 5.14. The summed E-state index contributed by atoms with van der Waals surface area (Å²) in [6.45, 7) is 9.88. The fourth-order valence-corrected chi connectivity index (χ4v) is 4.28. The lowest BCUT2D eigenvalue weighted by atomic mass is 9.82. The SMILES string of the molecule is CC(C)(C)CC(C)(C)NC(=O)COC(=O)c1ccc2c(c1)NC(=O)CCS2. The number of ether oxygens (including phenoxy) is 1. The summed E-state index contributed by atoms with van der Waals surface area (Å²) in [5, 5.41) is 5.70. The van der Waals surface area contributed by atoms with Crippen LogP contribution in [0.4, 0.5) is 5.69 Å². The van der Waals surface area contributed by atoms with Crippen molar-refractivity contribution in [3.05, 3.63) is 23.8 Å². The Hall–Kier alpha value is -2.02. The Morgan fingerprint density at radius 1 is 1.22 bits per heavy atom. The van der Waals surface area contributed by atoms with Crippen LogP contribution in [0, 0.1) is 5.41 Å². The van der Waals surface area contributed by atoms with E-state index in [-0.39, 0.29) is 23.8 Å². The van der Waals surface area contributed by atoms with Crippen LogP contribution in [0.1, 0.15) is 57.8 Å². The van der Waals surface area contributed by atoms with E-state index in [4.69, 9.17) is 4.74 Å². The van der Waals surface area contributed by atoms with E-state index in [9.17, 15) is 14.4 Å². The van der Waals surface area contributed by atoms with Crippen LogP contribution >= 0.6 is 11.8 Å². The smallest absolute Gasteiger partial charge is 0.338 e. The number of benzene rings is 1. The van der Waals surface area contributed by atoms with Gasteiger partial charge in [-0.15, -0.1) is 11.8 Å². The Labute approximate surface area is 164 Å². The van der Waals surface area contributed by atoms with Gasteiger partial charge in [-0.2, -0.15) is 0 Å². The summed E-state index contributed by atoms with van der Waals surface area (Å²) in [5.74, 6) is -0.304. The summed E-state index contributed by atoms with van der Waals surface area (Å²) in [6, 6.07) is 5.02. The highest BCUT2D eigenvalue weighted by Crippen LogP contribution is 2.31. The topological polar surface area (TPSA) is 84.5 Å². The van der Waals surface area contributed by atoms with Crippen molar-refractivity contribution in [2.24, 2.45) is 5.41 Å². The van der Waals surface area contributed by atoms with E-state index in [1.54, 1.807) is 30.0 Å². The van der Waals surface area contributed by atoms with Crippen LogP contribution in [0.25, 0.3) is 0 Å². The number of anilines is 1. The Bertz CT molecular complexity index is 738. The minimum Gasteiger partial charge on any atom is -0.452 e. The van der Waals surface area contributed by atoms with E-state index in [2.05, 4.69) is 31.4 Å². The fourth-order valence-electron chi connectivity index (χ4n) is 3.34. The molecule has 2 rings (SSSR count). The largest absolute Gasteiger partial charge is 0.452 e. The van der Waals surface area contributed by atoms with Gasteiger partial charge in [-0.05, 0) is 43.9 Å². The van der Waals surface area contributed by atoms with Gasteiger partial charge in [0, 0.05) is 22.6 Å². The summed E-state index contributed by atoms with van der Waals surface area (Å²) >= 11 is 1.56. The first kappa shape index (κ1) is 21.3. The summed E-state index contributed by atoms with van der Waals surface area (Å²) in [7, 11) is 0. The van der Waals surface area contributed by atoms with Crippen LogP contribution < -0.4 is 10.6 Å². The molecule has 148 valence electrons. The first-order valence-electron chi connectivity index (χ1n) is 9.00. The van der Waals surface area contributed by atoms with Crippen molar-refractivity contribution in [1.29, 1.82) is 0 Å². The van der Waals surface area contributed by atoms with E-state index in [1.165, 1.54) is 0 Å². The molecule has 0 spiro atoms. The summed E-state index contributed by atoms with van der Waals surface area (Å²) in [6.07, 6.45) is 1.23. The first-order chi connectivity index (χ1) is 12.5. The van der Waals surface area contributed by atoms with Crippen LogP contribution in [-0.4, -0.2) is 35.7 Å². The molecule has 6 nitrogen and oxygen atoms in total. The van der Waals surface area contributed by atoms with Crippen molar-refractivity contribution in [2.45, 2.75) is 57.9 Å². The summed E-state index contributed by atoms with van der Waals surface area (Å²) in [4.78, 5) is 37.0. The van der Waals surface area contributed by atoms with Gasteiger partial charge in [0.25, 0.3) is 5.91 Å². The standard InChI is InChI=1S/C20H28N2O4S/c1-19(2,3)12-20(4,5)22-17(24)11-26-18(25)13-6-7-15-14(10-13)21-16(23)8-9-27-15/h6-7,10H,8-9,11-12H2,1-5H3,(H,21,23)(H,22,24). The van der Waals surface area contributed by atoms with Crippen LogP contribution in [0.5, 0.6) is 0 Å². The van der Waals surface area contributed by atoms with Crippen molar-refractivity contribution >= 4 is 35.2 Å². The van der Waals surface area contributed by atoms with Crippen molar-refractivity contribution in [1.82, 2.24) is 5.32 Å². The predicted molar refractivity (Wildman–Crippen MR) is 107 cm³/mol. The highest BCUT2D eigenvalue weighted by molar-refractivity contribution is 7.99. The Morgan fingerprint density at radius 3 is 2.59 bits per heavy atom. The zero-order valence-corrected chi connectivity index (χ0v) is 17.4. The zero-order chi connectivity index (χ0) is 20.2. The molecule has 0 atom stereocenters. The normalized spacial score (nSPS) is 14.6. The molecule has 2 N–H and O–H groups in total. The molecule has 1 aliphatic heterocycles. The van der Waals surface area contributed by atoms with E-state index < -0.39 is 11.5 Å². The third-order valence-electron chi connectivity index (χ3n) is 3.86. The van der Waals surface area contributed by atoms with Gasteiger partial charge in [0.1, 0.15) is 0 Å². The second kappa shape index (κ2) is 8.33. The molecule has 0 saturated heterocycles. The van der Waals surface area contributed by atoms with Gasteiger partial charge in [-0.25, -0.2) is 4.79 Å². The van der Waals surface area contributed by atoms with Crippen molar-refractivity contribution in [3.63, 3.8) is 0 Å². The number of hydrogen-bond acceptors (Lipinski definition) is 5. The zero-order valence-electron chi connectivity index (χ0n) is 16.6. The van der Waals surface area contributed by atoms with Gasteiger partial charge in [-0.3, -0.25) is 9.59 Å². The number of thioether (sulfide) groups is 1. The van der Waals surface area contributed by atoms with Crippen molar-refractivity contribution in [2.75, 3.05) is 17.7 Å². The Morgan fingerprint density at radius 2 is 1.93 bits per heavy atom. The van der Waals surface area contributed by atoms with Gasteiger partial charge < -0.3 is 15.4 Å². The molecular weight excluding hydrogens is 364 g/mol. The van der Waals surface area contributed by atoms with Gasteiger partial charge in [0.05, 0.1) is 11.3 Å². The highest BCUT2D eigenvalue weighted by atomic mass is 32.2. The monoisotopic (exact) mass is 392 g/mol. The predicted octanol–water partition coefficient (Wildman–Crippen LogP) is 3.61. The molecule has 0 radical (unpaired) electrons. The number of fused-ring (bicyclic) bond motifs is 1. The van der Waals surface area contributed by atoms with E-state index >= 15 is 0 Å². The van der Waals surface area contributed by atoms with E-state index in [0.29, 0.717) is 23.4 Å². The molecule has 1 heterocycles. The molecule has 1 aliphatic rings. The van der Waals surface area contributed by atoms with Crippen LogP contribution in [-0.2, 0) is 14.3 Å². The number of nitrogens with one attached hydrogen (secondary N) is 2. The number of carbonyl (C=O) groups is 3. The minimum atomic E-state index is -0.593. The molecule has 1 aromatic carbocycles. The lowest BCUT2D eigenvalue weighted by molar-refractivity contribution is -0.126. The molecule has 1 aromatic rings. The van der Waals surface area contributed by atoms with E-state index in [1.807, 2.05) is 13.8 Å². The number of esters is 1. The van der Waals surface area contributed by atoms with Crippen LogP contribution in [0.2, 0.25) is 0 Å². The third-order valence-corrected chi connectivity index (χ3v) is 4.94. The quantitative estimate of drug-likeness (QED) is 0.748. The van der Waals surface area contributed by atoms with Crippen LogP contribution in [0.15, 0.2) is 23.1 Å². The molecule has 27 heavy (non-hydrogen) atoms. The average Bonchev–Trinajstić information content (AvgIpc) is 2.69. The minimum absolute atomic E-state index is 0.0672. The van der Waals surface area contributed by atoms with Crippen molar-refractivity contribution in [3.8, 4) is 0 Å². The molecule has 0 aliphatic carbocycles. The second-order valence-corrected chi connectivity index (χ2v) is 9.74. The number of carbonyl (C=O) groups excluding carboxylic acids is 3. The molecule has 0 unspecified atom stereocenters. The van der Waals surface area contributed by atoms with Gasteiger partial charge in [-0.1, -0.05) is 20.8 Å². The maximum absolute atomic E-state index is 12.3. The number of rotatable bonds is 5. The second-order valence-electron chi connectivity index (χ2n) is 8.60. The van der Waals surface area contributed by atoms with Gasteiger partial charge in [0.15, 0.2) is 6.61 Å². The maximum atomic E-state index is 12.3. The lowest BCUT2D eigenvalue weighted by Gasteiger charge is -2.33. The third kappa shape index (κ3) is 6.90. The fraction of sp³-hybridized carbons (Fsp3) is 0.550. The maximum Gasteiger partial charge on any atom is 0.338 e. The number of hydrogen-bond donors (Lipinski definition) is 2. The Balaban J connectivity index is 1.94.